The van der Waals surface area contributed by atoms with Gasteiger partial charge in [-0.15, -0.1) is 0 Å². The molecule has 17 heavy (non-hydrogen) atoms. The quantitative estimate of drug-likeness (QED) is 0.625. The SMILES string of the molecule is NC(=O)C(=O)C1(Nc2nc(Cl)ncc2Cl)CC1. The van der Waals surface area contributed by atoms with Crippen LogP contribution in [-0.2, 0) is 9.59 Å². The lowest BCUT2D eigenvalue weighted by molar-refractivity contribution is -0.136. The summed E-state index contributed by atoms with van der Waals surface area (Å²) in [5.41, 5.74) is 3.98. The number of ketones is 1. The predicted molar refractivity (Wildman–Crippen MR) is 61.8 cm³/mol. The second kappa shape index (κ2) is 4.12. The second-order valence-electron chi connectivity index (χ2n) is 3.74. The van der Waals surface area contributed by atoms with Crippen molar-refractivity contribution in [2.75, 3.05) is 5.32 Å². The number of carbonyl (C=O) groups excluding carboxylic acids is 2. The van der Waals surface area contributed by atoms with Gasteiger partial charge in [-0.2, -0.15) is 4.98 Å². The molecule has 1 aromatic heterocycles. The van der Waals surface area contributed by atoms with E-state index in [-0.39, 0.29) is 16.1 Å². The van der Waals surface area contributed by atoms with E-state index in [1.54, 1.807) is 0 Å². The molecule has 1 aromatic rings. The molecule has 0 unspecified atom stereocenters. The number of carbonyl (C=O) groups is 2. The summed E-state index contributed by atoms with van der Waals surface area (Å²) in [4.78, 5) is 30.0. The highest BCUT2D eigenvalue weighted by Crippen LogP contribution is 2.40. The molecule has 0 atom stereocenters. The summed E-state index contributed by atoms with van der Waals surface area (Å²) in [5, 5.41) is 3.02. The number of hydrogen-bond acceptors (Lipinski definition) is 5. The van der Waals surface area contributed by atoms with Crippen LogP contribution in [0.3, 0.4) is 0 Å². The first-order chi connectivity index (χ1) is 7.94. The topological polar surface area (TPSA) is 98.0 Å². The molecular formula is C9H8Cl2N4O2. The second-order valence-corrected chi connectivity index (χ2v) is 4.48. The Hall–Kier alpha value is -1.40. The maximum absolute atomic E-state index is 11.6. The summed E-state index contributed by atoms with van der Waals surface area (Å²) in [5.74, 6) is -1.44. The van der Waals surface area contributed by atoms with Crippen LogP contribution in [0.5, 0.6) is 0 Å². The van der Waals surface area contributed by atoms with Gasteiger partial charge in [0.1, 0.15) is 10.6 Å². The van der Waals surface area contributed by atoms with Gasteiger partial charge in [0, 0.05) is 0 Å². The number of anilines is 1. The molecule has 1 aliphatic rings. The highest BCUT2D eigenvalue weighted by atomic mass is 35.5. The Morgan fingerprint density at radius 2 is 2.06 bits per heavy atom. The highest BCUT2D eigenvalue weighted by Gasteiger charge is 2.52. The van der Waals surface area contributed by atoms with Crippen LogP contribution in [0, 0.1) is 0 Å². The number of nitrogens with two attached hydrogens (primary N) is 1. The first-order valence-electron chi connectivity index (χ1n) is 4.75. The summed E-state index contributed by atoms with van der Waals surface area (Å²) >= 11 is 11.5. The van der Waals surface area contributed by atoms with E-state index in [0.717, 1.165) is 0 Å². The lowest BCUT2D eigenvalue weighted by atomic mass is 10.1. The number of primary amides is 1. The molecule has 90 valence electrons. The minimum absolute atomic E-state index is 0.000719. The Bertz CT molecular complexity index is 502. The first-order valence-corrected chi connectivity index (χ1v) is 5.51. The molecule has 0 aromatic carbocycles. The van der Waals surface area contributed by atoms with Gasteiger partial charge >= 0.3 is 0 Å². The lowest BCUT2D eigenvalue weighted by Crippen LogP contribution is -2.41. The Morgan fingerprint density at radius 1 is 1.41 bits per heavy atom. The van der Waals surface area contributed by atoms with E-state index in [2.05, 4.69) is 15.3 Å². The molecule has 0 saturated heterocycles. The highest BCUT2D eigenvalue weighted by molar-refractivity contribution is 6.41. The fourth-order valence-electron chi connectivity index (χ4n) is 1.43. The molecule has 1 saturated carbocycles. The van der Waals surface area contributed by atoms with E-state index in [9.17, 15) is 9.59 Å². The first kappa shape index (κ1) is 12.1. The van der Waals surface area contributed by atoms with Crippen LogP contribution in [0.25, 0.3) is 0 Å². The monoisotopic (exact) mass is 274 g/mol. The maximum Gasteiger partial charge on any atom is 0.287 e. The summed E-state index contributed by atoms with van der Waals surface area (Å²) in [6.07, 6.45) is 2.32. The molecule has 0 bridgehead atoms. The van der Waals surface area contributed by atoms with Crippen molar-refractivity contribution < 1.29 is 9.59 Å². The van der Waals surface area contributed by atoms with Crippen LogP contribution >= 0.6 is 23.2 Å². The number of aromatic nitrogens is 2. The van der Waals surface area contributed by atoms with Gasteiger partial charge in [0.2, 0.25) is 11.1 Å². The van der Waals surface area contributed by atoms with Crippen LogP contribution in [0.15, 0.2) is 6.20 Å². The van der Waals surface area contributed by atoms with Crippen molar-refractivity contribution in [1.29, 1.82) is 0 Å². The van der Waals surface area contributed by atoms with E-state index in [4.69, 9.17) is 28.9 Å². The molecule has 6 nitrogen and oxygen atoms in total. The number of hydrogen-bond donors (Lipinski definition) is 2. The van der Waals surface area contributed by atoms with E-state index >= 15 is 0 Å². The van der Waals surface area contributed by atoms with Crippen molar-refractivity contribution in [1.82, 2.24) is 9.97 Å². The van der Waals surface area contributed by atoms with E-state index in [1.807, 2.05) is 0 Å². The summed E-state index contributed by atoms with van der Waals surface area (Å²) in [7, 11) is 0. The number of rotatable bonds is 4. The summed E-state index contributed by atoms with van der Waals surface area (Å²) in [6.45, 7) is 0. The smallest absolute Gasteiger partial charge is 0.287 e. The van der Waals surface area contributed by atoms with Crippen molar-refractivity contribution >= 4 is 40.7 Å². The van der Waals surface area contributed by atoms with Crippen LogP contribution in [0.2, 0.25) is 10.3 Å². The zero-order valence-corrected chi connectivity index (χ0v) is 10.0. The van der Waals surface area contributed by atoms with Gasteiger partial charge in [-0.1, -0.05) is 11.6 Å². The van der Waals surface area contributed by atoms with Gasteiger partial charge in [-0.3, -0.25) is 9.59 Å². The third kappa shape index (κ3) is 2.32. The molecule has 2 rings (SSSR count). The summed E-state index contributed by atoms with van der Waals surface area (Å²) in [6, 6.07) is 0. The van der Waals surface area contributed by atoms with E-state index < -0.39 is 17.2 Å². The normalized spacial score (nSPS) is 16.4. The van der Waals surface area contributed by atoms with Gasteiger partial charge < -0.3 is 11.1 Å². The molecule has 1 fully saturated rings. The van der Waals surface area contributed by atoms with Crippen molar-refractivity contribution in [3.8, 4) is 0 Å². The minimum Gasteiger partial charge on any atom is -0.363 e. The van der Waals surface area contributed by atoms with E-state index in [1.165, 1.54) is 6.20 Å². The zero-order chi connectivity index (χ0) is 12.6. The molecule has 1 heterocycles. The van der Waals surface area contributed by atoms with Crippen molar-refractivity contribution in [2.24, 2.45) is 5.73 Å². The average molecular weight is 275 g/mol. The summed E-state index contributed by atoms with van der Waals surface area (Å²) < 4.78 is 0. The molecule has 3 N–H and O–H groups in total. The average Bonchev–Trinajstić information content (AvgIpc) is 3.03. The number of nitrogens with zero attached hydrogens (tertiary/aromatic N) is 2. The predicted octanol–water partition coefficient (Wildman–Crippen LogP) is 0.782. The fraction of sp³-hybridized carbons (Fsp3) is 0.333. The number of nitrogens with one attached hydrogen (secondary N) is 1. The Balaban J connectivity index is 2.24. The number of Topliss-reactive ketones (excluding diaryl/α,β-unsaturated/α-hetero) is 1. The van der Waals surface area contributed by atoms with Gasteiger partial charge in [-0.25, -0.2) is 4.98 Å². The lowest BCUT2D eigenvalue weighted by Gasteiger charge is -2.15. The molecule has 0 aliphatic heterocycles. The van der Waals surface area contributed by atoms with Crippen molar-refractivity contribution in [2.45, 2.75) is 18.4 Å². The van der Waals surface area contributed by atoms with Crippen LogP contribution in [0.1, 0.15) is 12.8 Å². The molecular weight excluding hydrogens is 267 g/mol. The van der Waals surface area contributed by atoms with Crippen molar-refractivity contribution in [3.05, 3.63) is 16.5 Å². The molecule has 0 spiro atoms. The van der Waals surface area contributed by atoms with Gasteiger partial charge in [-0.05, 0) is 24.4 Å². The maximum atomic E-state index is 11.6. The zero-order valence-electron chi connectivity index (χ0n) is 8.54. The third-order valence-electron chi connectivity index (χ3n) is 2.48. The third-order valence-corrected chi connectivity index (χ3v) is 2.94. The Morgan fingerprint density at radius 3 is 2.59 bits per heavy atom. The number of halogens is 2. The molecule has 1 aliphatic carbocycles. The van der Waals surface area contributed by atoms with Crippen molar-refractivity contribution in [3.63, 3.8) is 0 Å². The fourth-order valence-corrected chi connectivity index (χ4v) is 1.70. The van der Waals surface area contributed by atoms with Gasteiger partial charge in [0.05, 0.1) is 6.20 Å². The molecule has 0 radical (unpaired) electrons. The molecule has 8 heteroatoms. The van der Waals surface area contributed by atoms with E-state index in [0.29, 0.717) is 12.8 Å². The van der Waals surface area contributed by atoms with Crippen LogP contribution in [0.4, 0.5) is 5.82 Å². The number of amides is 1. The Kier molecular flexibility index (Phi) is 2.92. The standard InChI is InChI=1S/C9H8Cl2N4O2/c10-4-3-13-8(11)14-7(4)15-9(1-2-9)5(16)6(12)17/h3H,1-2H2,(H2,12,17)(H,13,14,15). The largest absolute Gasteiger partial charge is 0.363 e. The molecule has 1 amide bonds. The van der Waals surface area contributed by atoms with Gasteiger partial charge in [0.25, 0.3) is 5.91 Å². The minimum atomic E-state index is -0.980. The van der Waals surface area contributed by atoms with Gasteiger partial charge in [0.15, 0.2) is 5.82 Å². The van der Waals surface area contributed by atoms with Crippen LogP contribution in [-0.4, -0.2) is 27.2 Å². The Labute approximate surface area is 107 Å². The van der Waals surface area contributed by atoms with Crippen LogP contribution < -0.4 is 11.1 Å².